The van der Waals surface area contributed by atoms with Crippen LogP contribution in [0.25, 0.3) is 0 Å². The number of benzene rings is 3. The molecule has 3 aromatic carbocycles. The average Bonchev–Trinajstić information content (AvgIpc) is 3.26. The Labute approximate surface area is 210 Å². The van der Waals surface area contributed by atoms with Gasteiger partial charge in [0.05, 0.1) is 13.2 Å². The van der Waals surface area contributed by atoms with E-state index in [1.54, 1.807) is 4.57 Å². The third kappa shape index (κ3) is 4.96. The molecule has 0 saturated heterocycles. The van der Waals surface area contributed by atoms with Gasteiger partial charge in [-0.15, -0.1) is 0 Å². The lowest BCUT2D eigenvalue weighted by molar-refractivity contribution is 0.0426. The Hall–Kier alpha value is -3.74. The lowest BCUT2D eigenvalue weighted by Gasteiger charge is -2.20. The second-order valence-corrected chi connectivity index (χ2v) is 9.27. The summed E-state index contributed by atoms with van der Waals surface area (Å²) in [6.07, 6.45) is 0.765. The fourth-order valence-electron chi connectivity index (χ4n) is 5.03. The summed E-state index contributed by atoms with van der Waals surface area (Å²) >= 11 is 0. The van der Waals surface area contributed by atoms with Crippen LogP contribution in [0.5, 0.6) is 0 Å². The molecule has 1 aromatic heterocycles. The van der Waals surface area contributed by atoms with E-state index in [9.17, 15) is 9.59 Å². The van der Waals surface area contributed by atoms with Crippen LogP contribution in [0.3, 0.4) is 0 Å². The van der Waals surface area contributed by atoms with E-state index >= 15 is 0 Å². The predicted molar refractivity (Wildman–Crippen MR) is 139 cm³/mol. The van der Waals surface area contributed by atoms with E-state index in [-0.39, 0.29) is 30.9 Å². The molecule has 0 amide bonds. The van der Waals surface area contributed by atoms with Crippen molar-refractivity contribution in [1.82, 2.24) is 9.13 Å². The van der Waals surface area contributed by atoms with Crippen molar-refractivity contribution in [3.63, 3.8) is 0 Å². The highest BCUT2D eigenvalue weighted by Crippen LogP contribution is 2.42. The molecule has 5 rings (SSSR count). The first-order chi connectivity index (χ1) is 17.6. The molecule has 184 valence electrons. The van der Waals surface area contributed by atoms with Crippen molar-refractivity contribution < 1.29 is 9.47 Å². The number of hydrogen-bond acceptors (Lipinski definition) is 4. The summed E-state index contributed by atoms with van der Waals surface area (Å²) in [5.41, 5.74) is 3.86. The van der Waals surface area contributed by atoms with Crippen LogP contribution in [-0.2, 0) is 36.1 Å². The average molecular weight is 483 g/mol. The fraction of sp³-hybridized carbons (Fsp3) is 0.267. The fourth-order valence-corrected chi connectivity index (χ4v) is 5.03. The van der Waals surface area contributed by atoms with Crippen LogP contribution in [0, 0.1) is 0 Å². The monoisotopic (exact) mass is 482 g/mol. The second-order valence-electron chi connectivity index (χ2n) is 9.27. The van der Waals surface area contributed by atoms with Gasteiger partial charge in [-0.25, -0.2) is 9.36 Å². The molecule has 2 atom stereocenters. The normalized spacial score (nSPS) is 16.7. The highest BCUT2D eigenvalue weighted by Gasteiger charge is 2.36. The quantitative estimate of drug-likeness (QED) is 0.337. The summed E-state index contributed by atoms with van der Waals surface area (Å²) in [4.78, 5) is 27.3. The van der Waals surface area contributed by atoms with Crippen molar-refractivity contribution in [2.75, 3.05) is 0 Å². The zero-order valence-corrected chi connectivity index (χ0v) is 20.4. The number of rotatable bonds is 9. The van der Waals surface area contributed by atoms with Gasteiger partial charge in [0, 0.05) is 17.2 Å². The van der Waals surface area contributed by atoms with Crippen LogP contribution < -0.4 is 11.2 Å². The topological polar surface area (TPSA) is 62.5 Å². The summed E-state index contributed by atoms with van der Waals surface area (Å²) in [5, 5.41) is 0. The molecule has 1 aliphatic rings. The Kier molecular flexibility index (Phi) is 7.26. The largest absolute Gasteiger partial charge is 0.356 e. The zero-order valence-electron chi connectivity index (χ0n) is 20.4. The van der Waals surface area contributed by atoms with Crippen molar-refractivity contribution >= 4 is 0 Å². The van der Waals surface area contributed by atoms with E-state index in [0.717, 1.165) is 28.8 Å². The van der Waals surface area contributed by atoms with Crippen molar-refractivity contribution in [3.05, 3.63) is 140 Å². The van der Waals surface area contributed by atoms with Crippen LogP contribution in [0.15, 0.2) is 101 Å². The van der Waals surface area contributed by atoms with Crippen LogP contribution in [0.1, 0.15) is 53.1 Å². The van der Waals surface area contributed by atoms with Gasteiger partial charge in [0.1, 0.15) is 13.5 Å². The highest BCUT2D eigenvalue weighted by atomic mass is 16.5. The Morgan fingerprint density at radius 1 is 0.722 bits per heavy atom. The van der Waals surface area contributed by atoms with Gasteiger partial charge >= 0.3 is 5.69 Å². The molecule has 0 N–H and O–H groups in total. The highest BCUT2D eigenvalue weighted by molar-refractivity contribution is 5.40. The van der Waals surface area contributed by atoms with Gasteiger partial charge in [0.2, 0.25) is 0 Å². The van der Waals surface area contributed by atoms with E-state index in [1.807, 2.05) is 78.9 Å². The molecular weight excluding hydrogens is 452 g/mol. The van der Waals surface area contributed by atoms with Crippen molar-refractivity contribution in [2.24, 2.45) is 0 Å². The van der Waals surface area contributed by atoms with E-state index < -0.39 is 5.69 Å². The van der Waals surface area contributed by atoms with Crippen LogP contribution >= 0.6 is 0 Å². The molecule has 4 aromatic rings. The number of hydrogen-bond donors (Lipinski definition) is 0. The molecule has 6 heteroatoms. The van der Waals surface area contributed by atoms with Crippen molar-refractivity contribution in [1.29, 1.82) is 0 Å². The Bertz CT molecular complexity index is 1410. The molecule has 1 aliphatic carbocycles. The molecule has 0 aliphatic heterocycles. The molecular formula is C30H30N2O4. The minimum absolute atomic E-state index is 0.0130. The molecule has 0 spiro atoms. The first kappa shape index (κ1) is 24.0. The minimum Gasteiger partial charge on any atom is -0.356 e. The van der Waals surface area contributed by atoms with E-state index in [1.165, 1.54) is 4.57 Å². The van der Waals surface area contributed by atoms with Crippen molar-refractivity contribution in [2.45, 2.75) is 51.9 Å². The van der Waals surface area contributed by atoms with E-state index in [0.29, 0.717) is 18.8 Å². The standard InChI is InChI=1S/C30H30N2O4/c1-22-17-26(25-15-9-4-10-16-25)28-27(22)29(33)32(21-36-19-24-13-7-3-8-14-24)30(34)31(28)20-35-18-23-11-5-2-6-12-23/h2-16,22,26H,17-21H2,1H3. The van der Waals surface area contributed by atoms with E-state index in [4.69, 9.17) is 9.47 Å². The Morgan fingerprint density at radius 3 is 1.78 bits per heavy atom. The molecule has 36 heavy (non-hydrogen) atoms. The number of ether oxygens (including phenoxy) is 2. The maximum absolute atomic E-state index is 13.7. The molecule has 2 unspecified atom stereocenters. The molecule has 0 fully saturated rings. The summed E-state index contributed by atoms with van der Waals surface area (Å²) in [6.45, 7) is 2.69. The Balaban J connectivity index is 1.50. The van der Waals surface area contributed by atoms with Gasteiger partial charge in [-0.05, 0) is 29.0 Å². The molecule has 0 saturated carbocycles. The third-order valence-corrected chi connectivity index (χ3v) is 6.78. The van der Waals surface area contributed by atoms with Crippen LogP contribution in [0.4, 0.5) is 0 Å². The number of fused-ring (bicyclic) bond motifs is 1. The molecule has 6 nitrogen and oxygen atoms in total. The predicted octanol–water partition coefficient (Wildman–Crippen LogP) is 5.00. The van der Waals surface area contributed by atoms with Crippen LogP contribution in [0.2, 0.25) is 0 Å². The van der Waals surface area contributed by atoms with Crippen LogP contribution in [-0.4, -0.2) is 9.13 Å². The first-order valence-corrected chi connectivity index (χ1v) is 12.3. The smallest absolute Gasteiger partial charge is 0.335 e. The van der Waals surface area contributed by atoms with E-state index in [2.05, 4.69) is 19.1 Å². The molecule has 1 heterocycles. The third-order valence-electron chi connectivity index (χ3n) is 6.78. The summed E-state index contributed by atoms with van der Waals surface area (Å²) in [5.74, 6) is -0.0316. The zero-order chi connectivity index (χ0) is 24.9. The van der Waals surface area contributed by atoms with Crippen molar-refractivity contribution in [3.8, 4) is 0 Å². The summed E-state index contributed by atoms with van der Waals surface area (Å²) in [7, 11) is 0. The van der Waals surface area contributed by atoms with Gasteiger partial charge in [-0.2, -0.15) is 0 Å². The maximum atomic E-state index is 13.7. The molecule has 0 bridgehead atoms. The maximum Gasteiger partial charge on any atom is 0.335 e. The summed E-state index contributed by atoms with van der Waals surface area (Å²) < 4.78 is 14.7. The van der Waals surface area contributed by atoms with Gasteiger partial charge in [-0.3, -0.25) is 9.36 Å². The van der Waals surface area contributed by atoms with Gasteiger partial charge in [0.25, 0.3) is 5.56 Å². The first-order valence-electron chi connectivity index (χ1n) is 12.3. The Morgan fingerprint density at radius 2 is 1.22 bits per heavy atom. The molecule has 0 radical (unpaired) electrons. The number of nitrogens with zero attached hydrogens (tertiary/aromatic N) is 2. The minimum atomic E-state index is -0.407. The number of aromatic nitrogens is 2. The van der Waals surface area contributed by atoms with Gasteiger partial charge < -0.3 is 9.47 Å². The second kappa shape index (κ2) is 10.9. The van der Waals surface area contributed by atoms with Gasteiger partial charge in [-0.1, -0.05) is 97.9 Å². The SMILES string of the molecule is CC1CC(c2ccccc2)c2c1c(=O)n(COCc1ccccc1)c(=O)n2COCc1ccccc1. The lowest BCUT2D eigenvalue weighted by atomic mass is 9.95. The van der Waals surface area contributed by atoms with Gasteiger partial charge in [0.15, 0.2) is 0 Å². The lowest BCUT2D eigenvalue weighted by Crippen LogP contribution is -2.44. The summed E-state index contributed by atoms with van der Waals surface area (Å²) in [6, 6.07) is 29.6.